The molecule has 0 radical (unpaired) electrons. The highest BCUT2D eigenvalue weighted by atomic mass is 32.2. The Labute approximate surface area is 228 Å². The molecule has 0 atom stereocenters. The summed E-state index contributed by atoms with van der Waals surface area (Å²) in [4.78, 5) is 21.8. The summed E-state index contributed by atoms with van der Waals surface area (Å²) < 4.78 is 37.1. The molecule has 0 N–H and O–H groups in total. The Balaban J connectivity index is 1.19. The highest BCUT2D eigenvalue weighted by Gasteiger charge is 2.23. The maximum atomic E-state index is 13.2. The number of methoxy groups -OCH3 is 2. The smallest absolute Gasteiger partial charge is 0.253 e. The molecule has 0 spiro atoms. The topological polar surface area (TPSA) is 89.0 Å². The molecule has 202 valence electrons. The molecule has 0 bridgehead atoms. The van der Waals surface area contributed by atoms with Crippen LogP contribution in [0.25, 0.3) is 10.9 Å². The van der Waals surface area contributed by atoms with Gasteiger partial charge in [-0.1, -0.05) is 36.4 Å². The standard InChI is InChI=1S/C30H31N3O5S/c1-37-26-13-10-23(19-27(26)38-2)20-32-15-17-33(18-16-32)30(34)25-11-8-22(9-12-25)21-39(35,36)28-7-3-5-24-6-4-14-31-29(24)28/h3-14,19H,15-18,20-21H2,1-2H3. The number of carbonyl (C=O) groups excluding carboxylic acids is 1. The van der Waals surface area contributed by atoms with Crippen molar-refractivity contribution >= 4 is 26.6 Å². The Kier molecular flexibility index (Phi) is 7.81. The number of piperazine rings is 1. The number of hydrogen-bond acceptors (Lipinski definition) is 7. The van der Waals surface area contributed by atoms with Crippen LogP contribution in [0, 0.1) is 0 Å². The fourth-order valence-electron chi connectivity index (χ4n) is 4.90. The number of ether oxygens (including phenoxy) is 2. The van der Waals surface area contributed by atoms with Gasteiger partial charge in [0.1, 0.15) is 0 Å². The van der Waals surface area contributed by atoms with Crippen LogP contribution in [0.3, 0.4) is 0 Å². The maximum Gasteiger partial charge on any atom is 0.253 e. The first-order valence-corrected chi connectivity index (χ1v) is 14.4. The minimum absolute atomic E-state index is 0.0478. The molecule has 0 saturated carbocycles. The van der Waals surface area contributed by atoms with E-state index in [1.165, 1.54) is 0 Å². The van der Waals surface area contributed by atoms with E-state index in [1.807, 2.05) is 35.2 Å². The lowest BCUT2D eigenvalue weighted by atomic mass is 10.1. The Morgan fingerprint density at radius 1 is 0.846 bits per heavy atom. The Morgan fingerprint density at radius 3 is 2.26 bits per heavy atom. The third-order valence-electron chi connectivity index (χ3n) is 7.00. The quantitative estimate of drug-likeness (QED) is 0.328. The maximum absolute atomic E-state index is 13.2. The van der Waals surface area contributed by atoms with Crippen LogP contribution in [0.2, 0.25) is 0 Å². The molecule has 0 aliphatic carbocycles. The lowest BCUT2D eigenvalue weighted by Crippen LogP contribution is -2.48. The largest absolute Gasteiger partial charge is 0.493 e. The lowest BCUT2D eigenvalue weighted by Gasteiger charge is -2.35. The van der Waals surface area contributed by atoms with Crippen LogP contribution in [-0.2, 0) is 22.1 Å². The predicted molar refractivity (Wildman–Crippen MR) is 150 cm³/mol. The second-order valence-corrected chi connectivity index (χ2v) is 11.5. The zero-order valence-corrected chi connectivity index (χ0v) is 22.9. The van der Waals surface area contributed by atoms with E-state index in [0.29, 0.717) is 41.2 Å². The number of para-hydroxylation sites is 1. The van der Waals surface area contributed by atoms with Gasteiger partial charge in [-0.15, -0.1) is 0 Å². The first-order chi connectivity index (χ1) is 18.9. The Bertz CT molecular complexity index is 1580. The van der Waals surface area contributed by atoms with Gasteiger partial charge in [0, 0.05) is 49.9 Å². The van der Waals surface area contributed by atoms with Gasteiger partial charge in [0.25, 0.3) is 5.91 Å². The van der Waals surface area contributed by atoms with E-state index < -0.39 is 9.84 Å². The molecule has 3 aromatic carbocycles. The summed E-state index contributed by atoms with van der Waals surface area (Å²) in [6.45, 7) is 3.52. The molecule has 4 aromatic rings. The second kappa shape index (κ2) is 11.4. The molecule has 1 aliphatic heterocycles. The van der Waals surface area contributed by atoms with Crippen molar-refractivity contribution in [3.63, 3.8) is 0 Å². The molecule has 1 fully saturated rings. The summed E-state index contributed by atoms with van der Waals surface area (Å²) in [7, 11) is -0.369. The van der Waals surface area contributed by atoms with Crippen LogP contribution in [0.5, 0.6) is 11.5 Å². The van der Waals surface area contributed by atoms with Gasteiger partial charge >= 0.3 is 0 Å². The summed E-state index contributed by atoms with van der Waals surface area (Å²) in [5.41, 5.74) is 2.77. The fraction of sp³-hybridized carbons (Fsp3) is 0.267. The molecule has 9 heteroatoms. The predicted octanol–water partition coefficient (Wildman–Crippen LogP) is 4.18. The summed E-state index contributed by atoms with van der Waals surface area (Å²) in [6.07, 6.45) is 1.60. The normalized spacial score (nSPS) is 14.4. The van der Waals surface area contributed by atoms with Crippen molar-refractivity contribution in [2.45, 2.75) is 17.2 Å². The van der Waals surface area contributed by atoms with Gasteiger partial charge < -0.3 is 14.4 Å². The molecule has 1 aromatic heterocycles. The van der Waals surface area contributed by atoms with Gasteiger partial charge in [0.2, 0.25) is 0 Å². The van der Waals surface area contributed by atoms with E-state index >= 15 is 0 Å². The van der Waals surface area contributed by atoms with Gasteiger partial charge in [-0.05, 0) is 47.5 Å². The zero-order valence-electron chi connectivity index (χ0n) is 22.0. The number of hydrogen-bond donors (Lipinski definition) is 0. The SMILES string of the molecule is COc1ccc(CN2CCN(C(=O)c3ccc(CS(=O)(=O)c4cccc5cccnc45)cc3)CC2)cc1OC. The van der Waals surface area contributed by atoms with Crippen LogP contribution < -0.4 is 9.47 Å². The number of aromatic nitrogens is 1. The average molecular weight is 546 g/mol. The number of pyridine rings is 1. The molecule has 8 nitrogen and oxygen atoms in total. The van der Waals surface area contributed by atoms with Crippen LogP contribution in [0.15, 0.2) is 83.9 Å². The van der Waals surface area contributed by atoms with E-state index in [1.54, 1.807) is 62.9 Å². The Hall–Kier alpha value is -3.95. The lowest BCUT2D eigenvalue weighted by molar-refractivity contribution is 0.0628. The number of amides is 1. The van der Waals surface area contributed by atoms with Gasteiger partial charge in [-0.2, -0.15) is 0 Å². The minimum atomic E-state index is -3.61. The average Bonchev–Trinajstić information content (AvgIpc) is 2.97. The van der Waals surface area contributed by atoms with Gasteiger partial charge in [-0.3, -0.25) is 14.7 Å². The summed E-state index contributed by atoms with van der Waals surface area (Å²) in [5, 5.41) is 0.781. The molecule has 39 heavy (non-hydrogen) atoms. The number of fused-ring (bicyclic) bond motifs is 1. The van der Waals surface area contributed by atoms with Gasteiger partial charge in [-0.25, -0.2) is 8.42 Å². The summed E-state index contributed by atoms with van der Waals surface area (Å²) in [6, 6.07) is 21.6. The van der Waals surface area contributed by atoms with Crippen LogP contribution in [0.4, 0.5) is 0 Å². The third kappa shape index (κ3) is 5.89. The molecule has 2 heterocycles. The first-order valence-electron chi connectivity index (χ1n) is 12.8. The van der Waals surface area contributed by atoms with E-state index in [2.05, 4.69) is 9.88 Å². The van der Waals surface area contributed by atoms with Crippen molar-refractivity contribution in [1.82, 2.24) is 14.8 Å². The number of benzene rings is 3. The second-order valence-electron chi connectivity index (χ2n) is 9.54. The minimum Gasteiger partial charge on any atom is -0.493 e. The number of nitrogens with zero attached hydrogens (tertiary/aromatic N) is 3. The summed E-state index contributed by atoms with van der Waals surface area (Å²) >= 11 is 0. The van der Waals surface area contributed by atoms with E-state index in [0.717, 1.165) is 30.6 Å². The fourth-order valence-corrected chi connectivity index (χ4v) is 6.43. The molecule has 1 aliphatic rings. The third-order valence-corrected chi connectivity index (χ3v) is 8.71. The molecule has 1 saturated heterocycles. The molecular weight excluding hydrogens is 514 g/mol. The van der Waals surface area contributed by atoms with Crippen molar-refractivity contribution < 1.29 is 22.7 Å². The van der Waals surface area contributed by atoms with Crippen molar-refractivity contribution in [3.8, 4) is 11.5 Å². The molecule has 5 rings (SSSR count). The van der Waals surface area contributed by atoms with Crippen molar-refractivity contribution in [2.75, 3.05) is 40.4 Å². The highest BCUT2D eigenvalue weighted by molar-refractivity contribution is 7.90. The van der Waals surface area contributed by atoms with Crippen LogP contribution >= 0.6 is 0 Å². The molecular formula is C30H31N3O5S. The van der Waals surface area contributed by atoms with E-state index in [4.69, 9.17) is 9.47 Å². The van der Waals surface area contributed by atoms with Crippen molar-refractivity contribution in [2.24, 2.45) is 0 Å². The zero-order chi connectivity index (χ0) is 27.4. The number of sulfone groups is 1. The van der Waals surface area contributed by atoms with Gasteiger partial charge in [0.15, 0.2) is 21.3 Å². The Morgan fingerprint density at radius 2 is 1.54 bits per heavy atom. The summed E-state index contributed by atoms with van der Waals surface area (Å²) in [5.74, 6) is 1.19. The van der Waals surface area contributed by atoms with E-state index in [9.17, 15) is 13.2 Å². The molecule has 1 amide bonds. The van der Waals surface area contributed by atoms with Crippen LogP contribution in [-0.4, -0.2) is 69.5 Å². The van der Waals surface area contributed by atoms with Crippen molar-refractivity contribution in [3.05, 3.63) is 95.7 Å². The monoisotopic (exact) mass is 545 g/mol. The van der Waals surface area contributed by atoms with Gasteiger partial charge in [0.05, 0.1) is 30.4 Å². The molecule has 0 unspecified atom stereocenters. The van der Waals surface area contributed by atoms with Crippen molar-refractivity contribution in [1.29, 1.82) is 0 Å². The highest BCUT2D eigenvalue weighted by Crippen LogP contribution is 2.28. The first kappa shape index (κ1) is 26.6. The number of rotatable bonds is 8. The van der Waals surface area contributed by atoms with Crippen LogP contribution in [0.1, 0.15) is 21.5 Å². The van der Waals surface area contributed by atoms with E-state index in [-0.39, 0.29) is 16.6 Å². The number of carbonyl (C=O) groups is 1.